The van der Waals surface area contributed by atoms with Crippen LogP contribution in [0.2, 0.25) is 0 Å². The van der Waals surface area contributed by atoms with Gasteiger partial charge in [0.25, 0.3) is 0 Å². The molecule has 0 aliphatic carbocycles. The SMILES string of the molecule is CCNCc1scc(C)c1S(=O)(=O)NC(C)CC(F)(F)F. The zero-order valence-electron chi connectivity index (χ0n) is 12.0. The van der Waals surface area contributed by atoms with E-state index in [4.69, 9.17) is 0 Å². The summed E-state index contributed by atoms with van der Waals surface area (Å²) < 4.78 is 63.6. The van der Waals surface area contributed by atoms with Crippen molar-refractivity contribution in [1.82, 2.24) is 10.0 Å². The molecule has 0 aromatic carbocycles. The molecular formula is C12H19F3N2O2S2. The number of rotatable bonds is 7. The fourth-order valence-electron chi connectivity index (χ4n) is 1.92. The van der Waals surface area contributed by atoms with Gasteiger partial charge >= 0.3 is 6.18 Å². The topological polar surface area (TPSA) is 58.2 Å². The molecule has 1 unspecified atom stereocenters. The van der Waals surface area contributed by atoms with Crippen molar-refractivity contribution in [2.45, 2.75) is 50.9 Å². The summed E-state index contributed by atoms with van der Waals surface area (Å²) >= 11 is 1.28. The van der Waals surface area contributed by atoms with Gasteiger partial charge in [-0.2, -0.15) is 13.2 Å². The lowest BCUT2D eigenvalue weighted by atomic mass is 10.2. The summed E-state index contributed by atoms with van der Waals surface area (Å²) in [5.41, 5.74) is 0.541. The van der Waals surface area contributed by atoms with Gasteiger partial charge in [-0.1, -0.05) is 6.92 Å². The lowest BCUT2D eigenvalue weighted by Gasteiger charge is -2.17. The van der Waals surface area contributed by atoms with Crippen LogP contribution >= 0.6 is 11.3 Å². The van der Waals surface area contributed by atoms with Crippen LogP contribution in [0.3, 0.4) is 0 Å². The van der Waals surface area contributed by atoms with E-state index in [0.717, 1.165) is 0 Å². The molecule has 0 radical (unpaired) electrons. The molecule has 1 atom stereocenters. The molecule has 21 heavy (non-hydrogen) atoms. The first-order chi connectivity index (χ1) is 9.57. The second-order valence-electron chi connectivity index (χ2n) is 4.79. The minimum atomic E-state index is -4.40. The fraction of sp³-hybridized carbons (Fsp3) is 0.667. The molecule has 0 aliphatic heterocycles. The van der Waals surface area contributed by atoms with E-state index in [-0.39, 0.29) is 4.90 Å². The van der Waals surface area contributed by atoms with Crippen molar-refractivity contribution in [3.05, 3.63) is 15.8 Å². The molecule has 0 spiro atoms. The highest BCUT2D eigenvalue weighted by molar-refractivity contribution is 7.89. The molecule has 0 saturated heterocycles. The van der Waals surface area contributed by atoms with Crippen LogP contribution in [0.25, 0.3) is 0 Å². The van der Waals surface area contributed by atoms with Crippen LogP contribution < -0.4 is 10.0 Å². The van der Waals surface area contributed by atoms with Crippen molar-refractivity contribution in [3.8, 4) is 0 Å². The van der Waals surface area contributed by atoms with Crippen molar-refractivity contribution < 1.29 is 21.6 Å². The van der Waals surface area contributed by atoms with Gasteiger partial charge in [0.15, 0.2) is 0 Å². The maximum absolute atomic E-state index is 12.3. The number of hydrogen-bond donors (Lipinski definition) is 2. The third kappa shape index (κ3) is 5.57. The Morgan fingerprint density at radius 1 is 1.38 bits per heavy atom. The number of thiophene rings is 1. The first-order valence-corrected chi connectivity index (χ1v) is 8.80. The lowest BCUT2D eigenvalue weighted by Crippen LogP contribution is -2.36. The maximum Gasteiger partial charge on any atom is 0.390 e. The van der Waals surface area contributed by atoms with Gasteiger partial charge in [0.2, 0.25) is 10.0 Å². The Morgan fingerprint density at radius 3 is 2.52 bits per heavy atom. The lowest BCUT2D eigenvalue weighted by molar-refractivity contribution is -0.137. The summed E-state index contributed by atoms with van der Waals surface area (Å²) in [5.74, 6) is 0. The highest BCUT2D eigenvalue weighted by Crippen LogP contribution is 2.28. The van der Waals surface area contributed by atoms with Gasteiger partial charge in [-0.15, -0.1) is 11.3 Å². The predicted octanol–water partition coefficient (Wildman–Crippen LogP) is 2.79. The average molecular weight is 344 g/mol. The van der Waals surface area contributed by atoms with Gasteiger partial charge in [0, 0.05) is 17.5 Å². The molecule has 1 heterocycles. The van der Waals surface area contributed by atoms with Gasteiger partial charge < -0.3 is 5.32 Å². The second kappa shape index (κ2) is 7.08. The van der Waals surface area contributed by atoms with Gasteiger partial charge in [0.1, 0.15) is 4.90 Å². The summed E-state index contributed by atoms with van der Waals surface area (Å²) in [4.78, 5) is 0.684. The molecule has 0 saturated carbocycles. The van der Waals surface area contributed by atoms with E-state index in [1.165, 1.54) is 18.3 Å². The smallest absolute Gasteiger partial charge is 0.312 e. The third-order valence-electron chi connectivity index (χ3n) is 2.69. The van der Waals surface area contributed by atoms with Crippen LogP contribution in [-0.2, 0) is 16.6 Å². The molecule has 2 N–H and O–H groups in total. The van der Waals surface area contributed by atoms with E-state index >= 15 is 0 Å². The van der Waals surface area contributed by atoms with Crippen LogP contribution in [0, 0.1) is 6.92 Å². The van der Waals surface area contributed by atoms with E-state index in [1.807, 2.05) is 6.92 Å². The zero-order valence-corrected chi connectivity index (χ0v) is 13.7. The van der Waals surface area contributed by atoms with E-state index in [1.54, 1.807) is 12.3 Å². The summed E-state index contributed by atoms with van der Waals surface area (Å²) in [7, 11) is -3.96. The molecule has 0 amide bonds. The molecule has 0 aliphatic rings. The van der Waals surface area contributed by atoms with E-state index in [2.05, 4.69) is 10.0 Å². The quantitative estimate of drug-likeness (QED) is 0.800. The van der Waals surface area contributed by atoms with Crippen LogP contribution in [0.1, 0.15) is 30.7 Å². The second-order valence-corrected chi connectivity index (χ2v) is 7.41. The molecule has 1 rings (SSSR count). The van der Waals surface area contributed by atoms with Gasteiger partial charge in [-0.05, 0) is 31.3 Å². The van der Waals surface area contributed by atoms with E-state index in [9.17, 15) is 21.6 Å². The Hall–Kier alpha value is -0.640. The van der Waals surface area contributed by atoms with Gasteiger partial charge in [-0.25, -0.2) is 13.1 Å². The minimum absolute atomic E-state index is 0.0856. The van der Waals surface area contributed by atoms with Crippen LogP contribution in [-0.4, -0.2) is 27.2 Å². The van der Waals surface area contributed by atoms with E-state index < -0.39 is 28.7 Å². The van der Waals surface area contributed by atoms with Crippen LogP contribution in [0.5, 0.6) is 0 Å². The molecular weight excluding hydrogens is 325 g/mol. The summed E-state index contributed by atoms with van der Waals surface area (Å²) in [6, 6.07) is -1.21. The highest BCUT2D eigenvalue weighted by Gasteiger charge is 2.33. The number of halogens is 3. The summed E-state index contributed by atoms with van der Waals surface area (Å²) in [5, 5.41) is 4.71. The fourth-order valence-corrected chi connectivity index (χ4v) is 4.95. The molecule has 1 aromatic rings. The molecule has 1 aromatic heterocycles. The number of alkyl halides is 3. The van der Waals surface area contributed by atoms with Crippen LogP contribution in [0.4, 0.5) is 13.2 Å². The molecule has 0 bridgehead atoms. The highest BCUT2D eigenvalue weighted by atomic mass is 32.2. The van der Waals surface area contributed by atoms with Gasteiger partial charge in [0.05, 0.1) is 6.42 Å². The van der Waals surface area contributed by atoms with E-state index in [0.29, 0.717) is 23.5 Å². The number of nitrogens with one attached hydrogen (secondary N) is 2. The number of hydrogen-bond acceptors (Lipinski definition) is 4. The van der Waals surface area contributed by atoms with Crippen molar-refractivity contribution >= 4 is 21.4 Å². The monoisotopic (exact) mass is 344 g/mol. The van der Waals surface area contributed by atoms with Crippen molar-refractivity contribution in [2.24, 2.45) is 0 Å². The average Bonchev–Trinajstić information content (AvgIpc) is 2.64. The Balaban J connectivity index is 2.95. The van der Waals surface area contributed by atoms with Crippen molar-refractivity contribution in [2.75, 3.05) is 6.54 Å². The largest absolute Gasteiger partial charge is 0.390 e. The Kier molecular flexibility index (Phi) is 6.21. The molecule has 122 valence electrons. The standard InChI is InChI=1S/C12H19F3N2O2S2/c1-4-16-6-10-11(8(2)7-20-10)21(18,19)17-9(3)5-12(13,14)15/h7,9,16-17H,4-6H2,1-3H3. The zero-order chi connectivity index (χ0) is 16.3. The summed E-state index contributed by atoms with van der Waals surface area (Å²) in [6.45, 7) is 5.77. The van der Waals surface area contributed by atoms with Crippen molar-refractivity contribution in [3.63, 3.8) is 0 Å². The van der Waals surface area contributed by atoms with Crippen LogP contribution in [0.15, 0.2) is 10.3 Å². The molecule has 4 nitrogen and oxygen atoms in total. The number of sulfonamides is 1. The Morgan fingerprint density at radius 2 is 2.00 bits per heavy atom. The summed E-state index contributed by atoms with van der Waals surface area (Å²) in [6.07, 6.45) is -5.60. The first-order valence-electron chi connectivity index (χ1n) is 6.43. The first kappa shape index (κ1) is 18.4. The predicted molar refractivity (Wildman–Crippen MR) is 76.9 cm³/mol. The molecule has 9 heteroatoms. The minimum Gasteiger partial charge on any atom is -0.312 e. The van der Waals surface area contributed by atoms with Gasteiger partial charge in [-0.3, -0.25) is 0 Å². The maximum atomic E-state index is 12.3. The Bertz CT molecular complexity index is 568. The molecule has 0 fully saturated rings. The normalized spacial score (nSPS) is 14.4. The Labute approximate surface area is 126 Å². The van der Waals surface area contributed by atoms with Crippen molar-refractivity contribution in [1.29, 1.82) is 0 Å². The number of aryl methyl sites for hydroxylation is 1. The third-order valence-corrected chi connectivity index (χ3v) is 5.74.